The first-order valence-electron chi connectivity index (χ1n) is 17.4. The quantitative estimate of drug-likeness (QED) is 0.238. The maximum atomic E-state index is 3.67. The Kier molecular flexibility index (Phi) is 12.1. The second-order valence-electron chi connectivity index (χ2n) is 16.8. The van der Waals surface area contributed by atoms with Crippen molar-refractivity contribution in [1.29, 1.82) is 0 Å². The molecule has 6 aliphatic carbocycles. The van der Waals surface area contributed by atoms with Gasteiger partial charge in [-0.2, -0.15) is 47.5 Å². The van der Waals surface area contributed by atoms with Crippen molar-refractivity contribution >= 4 is 3.21 Å². The fourth-order valence-electron chi connectivity index (χ4n) is 9.20. The van der Waals surface area contributed by atoms with Gasteiger partial charge in [0.05, 0.1) is 0 Å². The van der Waals surface area contributed by atoms with Crippen LogP contribution in [0.4, 0.5) is 0 Å². The molecule has 0 atom stereocenters. The Morgan fingerprint density at radius 1 is 0.756 bits per heavy atom. The Labute approximate surface area is 302 Å². The van der Waals surface area contributed by atoms with Gasteiger partial charge in [-0.25, -0.2) is 6.07 Å². The molecule has 0 N–H and O–H groups in total. The summed E-state index contributed by atoms with van der Waals surface area (Å²) in [6, 6.07) is 24.4. The van der Waals surface area contributed by atoms with Gasteiger partial charge in [0, 0.05) is 0 Å². The minimum absolute atomic E-state index is 0. The van der Waals surface area contributed by atoms with Crippen molar-refractivity contribution in [2.75, 3.05) is 0 Å². The maximum absolute atomic E-state index is 3.67. The van der Waals surface area contributed by atoms with Crippen LogP contribution < -0.4 is 24.8 Å². The van der Waals surface area contributed by atoms with Crippen LogP contribution in [-0.4, -0.2) is 3.21 Å². The minimum atomic E-state index is 0. The molecule has 45 heavy (non-hydrogen) atoms. The molecule has 0 unspecified atom stereocenters. The van der Waals surface area contributed by atoms with Crippen LogP contribution in [0.25, 0.3) is 11.1 Å². The fraction of sp³-hybridized carbons (Fsp3) is 0.571. The van der Waals surface area contributed by atoms with Gasteiger partial charge in [-0.1, -0.05) is 90.0 Å². The van der Waals surface area contributed by atoms with E-state index in [0.717, 1.165) is 24.2 Å². The first-order valence-corrected chi connectivity index (χ1v) is 18.6. The third-order valence-electron chi connectivity index (χ3n) is 11.2. The Balaban J connectivity index is 0.000000167. The molecule has 5 saturated carbocycles. The van der Waals surface area contributed by atoms with Crippen LogP contribution in [0.1, 0.15) is 140 Å². The summed E-state index contributed by atoms with van der Waals surface area (Å²) in [7, 11) is 0. The average molecular weight is 721 g/mol. The van der Waals surface area contributed by atoms with Crippen LogP contribution in [0.15, 0.2) is 54.6 Å². The smallest absolute Gasteiger partial charge is 0.0411 e. The third-order valence-corrected chi connectivity index (χ3v) is 12.5. The average Bonchev–Trinajstić information content (AvgIpc) is 3.61. The van der Waals surface area contributed by atoms with Gasteiger partial charge in [0.2, 0.25) is 0 Å². The van der Waals surface area contributed by atoms with Crippen LogP contribution >= 0.6 is 0 Å². The molecular weight excluding hydrogens is 667 g/mol. The largest absolute Gasteiger partial charge is 0.210 e. The van der Waals surface area contributed by atoms with Crippen molar-refractivity contribution in [1.82, 2.24) is 0 Å². The van der Waals surface area contributed by atoms with E-state index < -0.39 is 0 Å². The maximum Gasteiger partial charge on any atom is -0.0411 e. The molecular formula is C42H54Cl2Zr-2. The molecule has 0 amide bonds. The van der Waals surface area contributed by atoms with Crippen molar-refractivity contribution < 1.29 is 49.0 Å². The number of hydrogen-bond donors (Lipinski definition) is 0. The van der Waals surface area contributed by atoms with Crippen molar-refractivity contribution in [3.8, 4) is 11.1 Å². The summed E-state index contributed by atoms with van der Waals surface area (Å²) in [5, 5.41) is 0. The molecule has 0 spiro atoms. The SMILES string of the molecule is CC(C)(C)c1[c-]c2c(cc1)-c1ccc(C(C)(C)C)cc1C2.[Cl-].[Cl-].[Zr+2]=[C]1CCCCC1.c1cc(C23CC4CC(CC(C4)C2)C3)c[cH-]1. The van der Waals surface area contributed by atoms with Crippen LogP contribution in [0, 0.1) is 23.8 Å². The summed E-state index contributed by atoms with van der Waals surface area (Å²) in [5.41, 5.74) is 11.0. The van der Waals surface area contributed by atoms with Crippen LogP contribution in [-0.2, 0) is 46.9 Å². The van der Waals surface area contributed by atoms with E-state index in [9.17, 15) is 0 Å². The number of halogens is 2. The van der Waals surface area contributed by atoms with Crippen LogP contribution in [0.5, 0.6) is 0 Å². The number of rotatable bonds is 1. The molecule has 6 aliphatic rings. The van der Waals surface area contributed by atoms with E-state index in [4.69, 9.17) is 0 Å². The minimum Gasteiger partial charge on any atom is -0.210 e. The monoisotopic (exact) mass is 718 g/mol. The molecule has 3 aromatic carbocycles. The number of hydrogen-bond acceptors (Lipinski definition) is 0. The summed E-state index contributed by atoms with van der Waals surface area (Å²) >= 11 is 1.69. The molecule has 0 nitrogen and oxygen atoms in total. The van der Waals surface area contributed by atoms with E-state index in [0.29, 0.717) is 5.41 Å². The zero-order valence-electron chi connectivity index (χ0n) is 28.7. The molecule has 242 valence electrons. The van der Waals surface area contributed by atoms with Crippen molar-refractivity contribution in [3.05, 3.63) is 88.5 Å². The molecule has 0 aliphatic heterocycles. The van der Waals surface area contributed by atoms with E-state index in [-0.39, 0.29) is 35.6 Å². The van der Waals surface area contributed by atoms with Crippen molar-refractivity contribution in [2.24, 2.45) is 17.8 Å². The second-order valence-corrected chi connectivity index (χ2v) is 18.6. The van der Waals surface area contributed by atoms with Crippen LogP contribution in [0.3, 0.4) is 0 Å². The van der Waals surface area contributed by atoms with Gasteiger partial charge >= 0.3 is 59.5 Å². The van der Waals surface area contributed by atoms with E-state index >= 15 is 0 Å². The first kappa shape index (κ1) is 37.0. The number of benzene rings is 2. The van der Waals surface area contributed by atoms with Gasteiger partial charge in [-0.15, -0.1) is 11.1 Å². The molecule has 0 saturated heterocycles. The summed E-state index contributed by atoms with van der Waals surface area (Å²) in [6.07, 6.45) is 17.5. The fourth-order valence-corrected chi connectivity index (χ4v) is 10.1. The van der Waals surface area contributed by atoms with E-state index in [1.54, 1.807) is 52.3 Å². The number of fused-ring (bicyclic) bond motifs is 3. The standard InChI is InChI=1S/C21H25.C15H19.C6H10.2ClH.Zr/c1-20(2,3)16-7-9-18-14(12-16)11-15-13-17(21(4,5)6)8-10-19(15)18;1-2-4-14(3-1)15-8-11-5-12(9-15)7-13(6-11)10-15;1-2-4-6-5-3-1;;;/h7-10,12H,11H2,1-6H3;1-4,11-13H,5-10H2;1-5H2;2*1H;/q2*-1;;;;+2/p-2. The Bertz CT molecular complexity index is 1330. The van der Waals surface area contributed by atoms with Crippen molar-refractivity contribution in [2.45, 2.75) is 135 Å². The normalized spacial score (nSPS) is 25.9. The first-order chi connectivity index (χ1) is 20.4. The van der Waals surface area contributed by atoms with Crippen molar-refractivity contribution in [3.63, 3.8) is 0 Å². The Morgan fingerprint density at radius 2 is 1.36 bits per heavy atom. The summed E-state index contributed by atoms with van der Waals surface area (Å²) in [5.74, 6) is 3.23. The van der Waals surface area contributed by atoms with Gasteiger partial charge in [-0.05, 0) is 65.4 Å². The molecule has 0 aromatic heterocycles. The third kappa shape index (κ3) is 8.41. The molecule has 3 heteroatoms. The molecule has 0 heterocycles. The van der Waals surface area contributed by atoms with Gasteiger partial charge < -0.3 is 24.8 Å². The van der Waals surface area contributed by atoms with Gasteiger partial charge in [0.15, 0.2) is 0 Å². The zero-order valence-corrected chi connectivity index (χ0v) is 32.6. The van der Waals surface area contributed by atoms with E-state index in [1.807, 2.05) is 0 Å². The molecule has 5 fully saturated rings. The second kappa shape index (κ2) is 14.7. The van der Waals surface area contributed by atoms with Gasteiger partial charge in [-0.3, -0.25) is 0 Å². The summed E-state index contributed by atoms with van der Waals surface area (Å²) in [4.78, 5) is 0. The molecule has 3 aromatic rings. The zero-order chi connectivity index (χ0) is 30.4. The van der Waals surface area contributed by atoms with E-state index in [2.05, 4.69) is 102 Å². The predicted octanol–water partition coefficient (Wildman–Crippen LogP) is 5.20. The predicted molar refractivity (Wildman–Crippen MR) is 181 cm³/mol. The molecule has 4 bridgehead atoms. The molecule has 0 radical (unpaired) electrons. The summed E-state index contributed by atoms with van der Waals surface area (Å²) < 4.78 is 1.80. The summed E-state index contributed by atoms with van der Waals surface area (Å²) in [6.45, 7) is 13.6. The van der Waals surface area contributed by atoms with Crippen LogP contribution in [0.2, 0.25) is 0 Å². The topological polar surface area (TPSA) is 0 Å². The Morgan fingerprint density at radius 3 is 1.84 bits per heavy atom. The Hall–Kier alpha value is -0.877. The van der Waals surface area contributed by atoms with Gasteiger partial charge in [0.25, 0.3) is 0 Å². The van der Waals surface area contributed by atoms with Gasteiger partial charge in [0.1, 0.15) is 0 Å². The van der Waals surface area contributed by atoms with E-state index in [1.165, 1.54) is 84.7 Å². The molecule has 9 rings (SSSR count).